The number of aliphatic carboxylic acids is 2. The van der Waals surface area contributed by atoms with Gasteiger partial charge in [-0.15, -0.1) is 0 Å². The highest BCUT2D eigenvalue weighted by molar-refractivity contribution is 5.88. The molecule has 1 heterocycles. The van der Waals surface area contributed by atoms with Gasteiger partial charge in [0.2, 0.25) is 5.91 Å². The lowest BCUT2D eigenvalue weighted by atomic mass is 9.78. The molecule has 0 aromatic rings. The normalized spacial score (nSPS) is 18.7. The fourth-order valence-corrected chi connectivity index (χ4v) is 2.46. The van der Waals surface area contributed by atoms with Crippen molar-refractivity contribution < 1.29 is 29.3 Å². The van der Waals surface area contributed by atoms with E-state index in [1.807, 2.05) is 0 Å². The fraction of sp³-hybridized carbons (Fsp3) is 0.769. The number of nitrogens with one attached hydrogen (secondary N) is 2. The van der Waals surface area contributed by atoms with E-state index in [2.05, 4.69) is 10.6 Å². The Morgan fingerprint density at radius 3 is 2.38 bits per heavy atom. The van der Waals surface area contributed by atoms with Crippen LogP contribution >= 0.6 is 0 Å². The lowest BCUT2D eigenvalue weighted by Crippen LogP contribution is -2.54. The molecule has 1 fully saturated rings. The van der Waals surface area contributed by atoms with Gasteiger partial charge in [-0.1, -0.05) is 0 Å². The Morgan fingerprint density at radius 2 is 1.90 bits per heavy atom. The third kappa shape index (κ3) is 4.98. The molecule has 1 rings (SSSR count). The van der Waals surface area contributed by atoms with Gasteiger partial charge in [-0.05, 0) is 32.4 Å². The van der Waals surface area contributed by atoms with E-state index in [1.54, 1.807) is 0 Å². The molecule has 0 aliphatic carbocycles. The van der Waals surface area contributed by atoms with Crippen molar-refractivity contribution in [3.8, 4) is 0 Å². The van der Waals surface area contributed by atoms with Crippen LogP contribution in [0, 0.1) is 5.41 Å². The Bertz CT molecular complexity index is 387. The zero-order chi connectivity index (χ0) is 15.9. The summed E-state index contributed by atoms with van der Waals surface area (Å²) < 4.78 is 5.12. The van der Waals surface area contributed by atoms with E-state index < -0.39 is 23.4 Å². The molecule has 120 valence electrons. The maximum Gasteiger partial charge on any atom is 0.326 e. The second-order valence-electron chi connectivity index (χ2n) is 5.26. The van der Waals surface area contributed by atoms with Crippen LogP contribution < -0.4 is 10.6 Å². The molecule has 1 atom stereocenters. The fourth-order valence-electron chi connectivity index (χ4n) is 2.46. The van der Waals surface area contributed by atoms with Crippen molar-refractivity contribution in [2.75, 3.05) is 26.8 Å². The minimum atomic E-state index is -1.23. The monoisotopic (exact) mass is 302 g/mol. The van der Waals surface area contributed by atoms with Gasteiger partial charge in [-0.25, -0.2) is 4.79 Å². The van der Waals surface area contributed by atoms with Gasteiger partial charge < -0.3 is 25.6 Å². The molecule has 0 unspecified atom stereocenters. The van der Waals surface area contributed by atoms with Crippen molar-refractivity contribution in [1.29, 1.82) is 0 Å². The van der Waals surface area contributed by atoms with Gasteiger partial charge in [0.15, 0.2) is 0 Å². The molecule has 0 saturated carbocycles. The number of carboxylic acids is 2. The highest BCUT2D eigenvalue weighted by Gasteiger charge is 2.41. The van der Waals surface area contributed by atoms with Gasteiger partial charge in [0.05, 0.1) is 12.0 Å². The molecule has 1 saturated heterocycles. The van der Waals surface area contributed by atoms with Crippen molar-refractivity contribution >= 4 is 17.8 Å². The van der Waals surface area contributed by atoms with Crippen LogP contribution in [0.5, 0.6) is 0 Å². The molecule has 21 heavy (non-hydrogen) atoms. The lowest BCUT2D eigenvalue weighted by Gasteiger charge is -2.36. The van der Waals surface area contributed by atoms with E-state index in [-0.39, 0.29) is 25.4 Å². The van der Waals surface area contributed by atoms with Gasteiger partial charge in [0.25, 0.3) is 0 Å². The number of carbonyl (C=O) groups excluding carboxylic acids is 1. The zero-order valence-electron chi connectivity index (χ0n) is 12.1. The largest absolute Gasteiger partial charge is 0.481 e. The number of rotatable bonds is 8. The third-order valence-corrected chi connectivity index (χ3v) is 3.71. The molecule has 0 bridgehead atoms. The SMILES string of the molecule is COCC1(C(=O)N[C@@H](CCC(=O)O)C(=O)O)CCNCC1. The predicted molar refractivity (Wildman–Crippen MR) is 72.8 cm³/mol. The number of amides is 1. The number of hydrogen-bond acceptors (Lipinski definition) is 5. The molecule has 1 aliphatic heterocycles. The smallest absolute Gasteiger partial charge is 0.326 e. The highest BCUT2D eigenvalue weighted by Crippen LogP contribution is 2.29. The molecule has 0 aromatic carbocycles. The van der Waals surface area contributed by atoms with Crippen molar-refractivity contribution in [2.45, 2.75) is 31.7 Å². The number of carboxylic acid groups (broad SMARTS) is 2. The van der Waals surface area contributed by atoms with Crippen LogP contribution in [0.15, 0.2) is 0 Å². The molecule has 0 radical (unpaired) electrons. The summed E-state index contributed by atoms with van der Waals surface area (Å²) in [4.78, 5) is 34.1. The lowest BCUT2D eigenvalue weighted by molar-refractivity contribution is -0.146. The second-order valence-corrected chi connectivity index (χ2v) is 5.26. The predicted octanol–water partition coefficient (Wildman–Crippen LogP) is -0.563. The van der Waals surface area contributed by atoms with Crippen molar-refractivity contribution in [3.05, 3.63) is 0 Å². The van der Waals surface area contributed by atoms with Crippen LogP contribution in [0.1, 0.15) is 25.7 Å². The number of ether oxygens (including phenoxy) is 1. The van der Waals surface area contributed by atoms with Gasteiger partial charge in [0, 0.05) is 13.5 Å². The third-order valence-electron chi connectivity index (χ3n) is 3.71. The van der Waals surface area contributed by atoms with Gasteiger partial charge in [-0.3, -0.25) is 9.59 Å². The first kappa shape index (κ1) is 17.4. The van der Waals surface area contributed by atoms with Crippen LogP contribution in [-0.4, -0.2) is 60.9 Å². The van der Waals surface area contributed by atoms with Crippen LogP contribution in [0.25, 0.3) is 0 Å². The first-order valence-electron chi connectivity index (χ1n) is 6.86. The molecule has 0 spiro atoms. The Kier molecular flexibility index (Phi) is 6.57. The van der Waals surface area contributed by atoms with Gasteiger partial charge >= 0.3 is 11.9 Å². The van der Waals surface area contributed by atoms with Crippen molar-refractivity contribution in [1.82, 2.24) is 10.6 Å². The van der Waals surface area contributed by atoms with E-state index >= 15 is 0 Å². The molecular formula is C13H22N2O6. The van der Waals surface area contributed by atoms with Crippen LogP contribution in [-0.2, 0) is 19.1 Å². The second kappa shape index (κ2) is 7.94. The Morgan fingerprint density at radius 1 is 1.29 bits per heavy atom. The summed E-state index contributed by atoms with van der Waals surface area (Å²) in [6.45, 7) is 1.53. The van der Waals surface area contributed by atoms with Gasteiger partial charge in [-0.2, -0.15) is 0 Å². The summed E-state index contributed by atoms with van der Waals surface area (Å²) in [5.41, 5.74) is -0.753. The zero-order valence-corrected chi connectivity index (χ0v) is 12.1. The summed E-state index contributed by atoms with van der Waals surface area (Å²) in [5, 5.41) is 23.3. The maximum absolute atomic E-state index is 12.4. The van der Waals surface area contributed by atoms with Crippen LogP contribution in [0.3, 0.4) is 0 Å². The molecule has 8 heteroatoms. The molecule has 8 nitrogen and oxygen atoms in total. The van der Waals surface area contributed by atoms with Crippen LogP contribution in [0.4, 0.5) is 0 Å². The summed E-state index contributed by atoms with van der Waals surface area (Å²) in [5.74, 6) is -2.71. The standard InChI is InChI=1S/C13H22N2O6/c1-21-8-13(4-6-14-7-5-13)12(20)15-9(11(18)19)2-3-10(16)17/h9,14H,2-8H2,1H3,(H,15,20)(H,16,17)(H,18,19)/t9-/m0/s1. The van der Waals surface area contributed by atoms with E-state index in [0.29, 0.717) is 25.9 Å². The Labute approximate surface area is 122 Å². The molecule has 4 N–H and O–H groups in total. The molecular weight excluding hydrogens is 280 g/mol. The highest BCUT2D eigenvalue weighted by atomic mass is 16.5. The average Bonchev–Trinajstić information content (AvgIpc) is 2.43. The van der Waals surface area contributed by atoms with E-state index in [9.17, 15) is 14.4 Å². The number of piperidine rings is 1. The van der Waals surface area contributed by atoms with Crippen molar-refractivity contribution in [3.63, 3.8) is 0 Å². The quantitative estimate of drug-likeness (QED) is 0.473. The minimum absolute atomic E-state index is 0.141. The number of methoxy groups -OCH3 is 1. The Hall–Kier alpha value is -1.67. The summed E-state index contributed by atoms with van der Waals surface area (Å²) in [6.07, 6.45) is 0.656. The maximum atomic E-state index is 12.4. The van der Waals surface area contributed by atoms with E-state index in [0.717, 1.165) is 0 Å². The average molecular weight is 302 g/mol. The van der Waals surface area contributed by atoms with Crippen molar-refractivity contribution in [2.24, 2.45) is 5.41 Å². The van der Waals surface area contributed by atoms with Gasteiger partial charge in [0.1, 0.15) is 6.04 Å². The Balaban J connectivity index is 2.72. The van der Waals surface area contributed by atoms with E-state index in [1.165, 1.54) is 7.11 Å². The number of carbonyl (C=O) groups is 3. The first-order chi connectivity index (χ1) is 9.91. The minimum Gasteiger partial charge on any atom is -0.481 e. The summed E-state index contributed by atoms with van der Waals surface area (Å²) >= 11 is 0. The molecule has 0 aromatic heterocycles. The number of hydrogen-bond donors (Lipinski definition) is 4. The molecule has 1 amide bonds. The molecule has 1 aliphatic rings. The summed E-state index contributed by atoms with van der Waals surface area (Å²) in [6, 6.07) is -1.20. The topological polar surface area (TPSA) is 125 Å². The van der Waals surface area contributed by atoms with E-state index in [4.69, 9.17) is 14.9 Å². The first-order valence-corrected chi connectivity index (χ1v) is 6.86. The van der Waals surface area contributed by atoms with Crippen LogP contribution in [0.2, 0.25) is 0 Å². The summed E-state index contributed by atoms with van der Waals surface area (Å²) in [7, 11) is 1.50.